The number of nitrogens with zero attached hydrogens (tertiary/aromatic N) is 3. The normalized spacial score (nSPS) is 14.1. The van der Waals surface area contributed by atoms with Crippen LogP contribution in [-0.2, 0) is 16.6 Å². The van der Waals surface area contributed by atoms with Crippen molar-refractivity contribution in [2.75, 3.05) is 4.72 Å². The van der Waals surface area contributed by atoms with Gasteiger partial charge < -0.3 is 5.32 Å². The molecule has 126 valence electrons. The summed E-state index contributed by atoms with van der Waals surface area (Å²) in [5.74, 6) is -0.601. The number of amides is 1. The molecule has 0 saturated heterocycles. The van der Waals surface area contributed by atoms with Crippen LogP contribution in [0, 0.1) is 0 Å². The van der Waals surface area contributed by atoms with Crippen LogP contribution in [-0.4, -0.2) is 29.1 Å². The zero-order chi connectivity index (χ0) is 17.4. The summed E-state index contributed by atoms with van der Waals surface area (Å²) in [5, 5.41) is 6.85. The maximum absolute atomic E-state index is 12.3. The second kappa shape index (κ2) is 5.71. The molecule has 1 aliphatic heterocycles. The Hall–Kier alpha value is -3.20. The van der Waals surface area contributed by atoms with Crippen LogP contribution in [0.25, 0.3) is 5.69 Å². The molecule has 0 fully saturated rings. The van der Waals surface area contributed by atoms with Crippen molar-refractivity contribution >= 4 is 21.9 Å². The van der Waals surface area contributed by atoms with E-state index < -0.39 is 15.9 Å². The Morgan fingerprint density at radius 1 is 1.08 bits per heavy atom. The summed E-state index contributed by atoms with van der Waals surface area (Å²) in [6.07, 6.45) is 0. The molecule has 0 unspecified atom stereocenters. The molecular formula is C16H13N5O3S. The summed E-state index contributed by atoms with van der Waals surface area (Å²) < 4.78 is 28.1. The van der Waals surface area contributed by atoms with Gasteiger partial charge in [0, 0.05) is 6.54 Å². The van der Waals surface area contributed by atoms with Crippen molar-refractivity contribution in [3.8, 4) is 5.69 Å². The van der Waals surface area contributed by atoms with Gasteiger partial charge in [0.1, 0.15) is 4.90 Å². The molecule has 2 heterocycles. The van der Waals surface area contributed by atoms with Crippen molar-refractivity contribution in [1.82, 2.24) is 20.1 Å². The fourth-order valence-electron chi connectivity index (χ4n) is 2.53. The van der Waals surface area contributed by atoms with E-state index in [1.807, 2.05) is 30.3 Å². The molecule has 25 heavy (non-hydrogen) atoms. The molecule has 9 heteroatoms. The van der Waals surface area contributed by atoms with Gasteiger partial charge in [-0.3, -0.25) is 4.79 Å². The number of hydrogen-bond acceptors (Lipinski definition) is 5. The molecule has 0 radical (unpaired) electrons. The van der Waals surface area contributed by atoms with Gasteiger partial charge in [0.15, 0.2) is 0 Å². The number of sulfonamides is 1. The van der Waals surface area contributed by atoms with Crippen LogP contribution in [0.5, 0.6) is 0 Å². The summed E-state index contributed by atoms with van der Waals surface area (Å²) in [5.41, 5.74) is 1.29. The average Bonchev–Trinajstić information content (AvgIpc) is 3.04. The standard InChI is InChI=1S/C16H13N5O3S/c22-15(17-10-11-6-2-1-3-7-11)14-18-16-20-25(23,24)13-9-5-4-8-12(13)21(16)19-14/h1-9H,10H2,(H,17,22)(H,18,19,20). The maximum atomic E-state index is 12.3. The van der Waals surface area contributed by atoms with Crippen LogP contribution >= 0.6 is 0 Å². The van der Waals surface area contributed by atoms with E-state index in [-0.39, 0.29) is 16.7 Å². The van der Waals surface area contributed by atoms with Crippen molar-refractivity contribution in [2.45, 2.75) is 11.4 Å². The largest absolute Gasteiger partial charge is 0.345 e. The topological polar surface area (TPSA) is 106 Å². The molecule has 2 N–H and O–H groups in total. The molecule has 0 atom stereocenters. The second-order valence-electron chi connectivity index (χ2n) is 5.41. The molecular weight excluding hydrogens is 342 g/mol. The number of fused-ring (bicyclic) bond motifs is 3. The van der Waals surface area contributed by atoms with Gasteiger partial charge in [0.2, 0.25) is 11.8 Å². The fourth-order valence-corrected chi connectivity index (χ4v) is 3.70. The van der Waals surface area contributed by atoms with E-state index in [2.05, 4.69) is 20.1 Å². The summed E-state index contributed by atoms with van der Waals surface area (Å²) in [7, 11) is -3.73. The molecule has 4 rings (SSSR count). The first-order valence-corrected chi connectivity index (χ1v) is 8.94. The monoisotopic (exact) mass is 355 g/mol. The number of nitrogens with one attached hydrogen (secondary N) is 2. The van der Waals surface area contributed by atoms with E-state index in [1.165, 1.54) is 10.7 Å². The van der Waals surface area contributed by atoms with Crippen LogP contribution in [0.1, 0.15) is 16.2 Å². The number of aromatic nitrogens is 3. The van der Waals surface area contributed by atoms with Crippen molar-refractivity contribution in [3.63, 3.8) is 0 Å². The Balaban J connectivity index is 1.63. The van der Waals surface area contributed by atoms with Crippen LogP contribution in [0.3, 0.4) is 0 Å². The third-order valence-corrected chi connectivity index (χ3v) is 5.09. The lowest BCUT2D eigenvalue weighted by atomic mass is 10.2. The van der Waals surface area contributed by atoms with Gasteiger partial charge in [-0.2, -0.15) is 9.67 Å². The Morgan fingerprint density at radius 2 is 1.80 bits per heavy atom. The van der Waals surface area contributed by atoms with Crippen LogP contribution < -0.4 is 10.0 Å². The van der Waals surface area contributed by atoms with Gasteiger partial charge >= 0.3 is 0 Å². The quantitative estimate of drug-likeness (QED) is 0.737. The highest BCUT2D eigenvalue weighted by molar-refractivity contribution is 7.92. The van der Waals surface area contributed by atoms with E-state index in [9.17, 15) is 13.2 Å². The van der Waals surface area contributed by atoms with Gasteiger partial charge in [-0.25, -0.2) is 13.1 Å². The van der Waals surface area contributed by atoms with E-state index >= 15 is 0 Å². The molecule has 2 aromatic carbocycles. The number of carbonyl (C=O) groups excluding carboxylic acids is 1. The zero-order valence-electron chi connectivity index (χ0n) is 12.9. The third kappa shape index (κ3) is 2.74. The Bertz CT molecular complexity index is 1060. The lowest BCUT2D eigenvalue weighted by Gasteiger charge is -2.17. The molecule has 1 aliphatic rings. The molecule has 8 nitrogen and oxygen atoms in total. The molecule has 0 bridgehead atoms. The first-order valence-electron chi connectivity index (χ1n) is 7.46. The minimum absolute atomic E-state index is 0.0106. The number of rotatable bonds is 3. The number of carbonyl (C=O) groups is 1. The number of anilines is 1. The van der Waals surface area contributed by atoms with Crippen LogP contribution in [0.4, 0.5) is 5.95 Å². The number of benzene rings is 2. The van der Waals surface area contributed by atoms with Crippen LogP contribution in [0.15, 0.2) is 59.5 Å². The predicted octanol–water partition coefficient (Wildman–Crippen LogP) is 1.31. The first kappa shape index (κ1) is 15.3. The Labute approximate surface area is 143 Å². The van der Waals surface area contributed by atoms with Crippen molar-refractivity contribution in [3.05, 3.63) is 66.0 Å². The van der Waals surface area contributed by atoms with E-state index in [0.29, 0.717) is 12.2 Å². The molecule has 1 amide bonds. The number of hydrogen-bond donors (Lipinski definition) is 2. The van der Waals surface area contributed by atoms with Gasteiger partial charge in [0.25, 0.3) is 15.9 Å². The van der Waals surface area contributed by atoms with Crippen molar-refractivity contribution in [1.29, 1.82) is 0 Å². The molecule has 1 aromatic heterocycles. The maximum Gasteiger partial charge on any atom is 0.291 e. The highest BCUT2D eigenvalue weighted by Crippen LogP contribution is 2.28. The summed E-state index contributed by atoms with van der Waals surface area (Å²) in [6, 6.07) is 15.8. The summed E-state index contributed by atoms with van der Waals surface area (Å²) >= 11 is 0. The Kier molecular flexibility index (Phi) is 3.50. The molecule has 0 spiro atoms. The highest BCUT2D eigenvalue weighted by Gasteiger charge is 2.30. The fraction of sp³-hybridized carbons (Fsp3) is 0.0625. The highest BCUT2D eigenvalue weighted by atomic mass is 32.2. The summed E-state index contributed by atoms with van der Waals surface area (Å²) in [4.78, 5) is 16.4. The summed E-state index contributed by atoms with van der Waals surface area (Å²) in [6.45, 7) is 0.325. The zero-order valence-corrected chi connectivity index (χ0v) is 13.7. The van der Waals surface area contributed by atoms with Crippen LogP contribution in [0.2, 0.25) is 0 Å². The third-order valence-electron chi connectivity index (χ3n) is 3.71. The molecule has 0 aliphatic carbocycles. The van der Waals surface area contributed by atoms with E-state index in [0.717, 1.165) is 5.56 Å². The van der Waals surface area contributed by atoms with E-state index in [4.69, 9.17) is 0 Å². The average molecular weight is 355 g/mol. The first-order chi connectivity index (χ1) is 12.0. The lowest BCUT2D eigenvalue weighted by molar-refractivity contribution is 0.0940. The number of para-hydroxylation sites is 1. The van der Waals surface area contributed by atoms with E-state index in [1.54, 1.807) is 18.2 Å². The van der Waals surface area contributed by atoms with Gasteiger partial charge in [-0.1, -0.05) is 42.5 Å². The van der Waals surface area contributed by atoms with Gasteiger partial charge in [0.05, 0.1) is 5.69 Å². The smallest absolute Gasteiger partial charge is 0.291 e. The molecule has 3 aromatic rings. The van der Waals surface area contributed by atoms with Gasteiger partial charge in [-0.05, 0) is 17.7 Å². The Morgan fingerprint density at radius 3 is 2.60 bits per heavy atom. The second-order valence-corrected chi connectivity index (χ2v) is 7.06. The SMILES string of the molecule is O=C(NCc1ccccc1)c1nc2n(n1)-c1ccccc1S(=O)(=O)N2. The molecule has 0 saturated carbocycles. The van der Waals surface area contributed by atoms with Crippen molar-refractivity contribution < 1.29 is 13.2 Å². The minimum Gasteiger partial charge on any atom is -0.345 e. The lowest BCUT2D eigenvalue weighted by Crippen LogP contribution is -2.24. The van der Waals surface area contributed by atoms with Gasteiger partial charge in [-0.15, -0.1) is 5.10 Å². The predicted molar refractivity (Wildman–Crippen MR) is 89.8 cm³/mol. The van der Waals surface area contributed by atoms with Crippen molar-refractivity contribution in [2.24, 2.45) is 0 Å². The minimum atomic E-state index is -3.73.